The van der Waals surface area contributed by atoms with Gasteiger partial charge in [0.2, 0.25) is 0 Å². The highest BCUT2D eigenvalue weighted by Gasteiger charge is 2.09. The topological polar surface area (TPSA) is 32.3 Å². The SMILES string of the molecule is CC(C)CC(O)CNC(C)Cc1ccc(Cl)cc1. The molecule has 0 radical (unpaired) electrons. The number of aliphatic hydroxyl groups is 1. The van der Waals surface area contributed by atoms with E-state index in [1.165, 1.54) is 5.56 Å². The lowest BCUT2D eigenvalue weighted by Gasteiger charge is -2.18. The first-order valence-electron chi connectivity index (χ1n) is 6.63. The highest BCUT2D eigenvalue weighted by molar-refractivity contribution is 6.30. The molecule has 1 rings (SSSR count). The fraction of sp³-hybridized carbons (Fsp3) is 0.600. The van der Waals surface area contributed by atoms with Crippen molar-refractivity contribution >= 4 is 11.6 Å². The average Bonchev–Trinajstić information content (AvgIpc) is 2.29. The predicted octanol–water partition coefficient (Wildman–Crippen LogP) is 3.27. The first kappa shape index (κ1) is 15.5. The average molecular weight is 270 g/mol. The summed E-state index contributed by atoms with van der Waals surface area (Å²) in [6.07, 6.45) is 1.55. The summed E-state index contributed by atoms with van der Waals surface area (Å²) in [5, 5.41) is 13.9. The molecule has 0 aliphatic rings. The Kier molecular flexibility index (Phi) is 6.69. The number of hydrogen-bond donors (Lipinski definition) is 2. The molecule has 0 amide bonds. The molecule has 0 aliphatic carbocycles. The third kappa shape index (κ3) is 6.39. The summed E-state index contributed by atoms with van der Waals surface area (Å²) in [4.78, 5) is 0. The second kappa shape index (κ2) is 7.78. The Morgan fingerprint density at radius 3 is 2.33 bits per heavy atom. The molecule has 2 atom stereocenters. The van der Waals surface area contributed by atoms with Crippen LogP contribution in [0.5, 0.6) is 0 Å². The Balaban J connectivity index is 2.29. The fourth-order valence-corrected chi connectivity index (χ4v) is 2.14. The van der Waals surface area contributed by atoms with Crippen molar-refractivity contribution < 1.29 is 5.11 Å². The molecule has 2 unspecified atom stereocenters. The Hall–Kier alpha value is -0.570. The Bertz CT molecular complexity index is 337. The van der Waals surface area contributed by atoms with Crippen molar-refractivity contribution in [3.05, 3.63) is 34.9 Å². The van der Waals surface area contributed by atoms with Gasteiger partial charge >= 0.3 is 0 Å². The van der Waals surface area contributed by atoms with E-state index in [2.05, 4.69) is 26.1 Å². The van der Waals surface area contributed by atoms with E-state index < -0.39 is 0 Å². The lowest BCUT2D eigenvalue weighted by Crippen LogP contribution is -2.35. The van der Waals surface area contributed by atoms with Crippen molar-refractivity contribution in [1.82, 2.24) is 5.32 Å². The van der Waals surface area contributed by atoms with E-state index in [9.17, 15) is 5.11 Å². The molecule has 0 aliphatic heterocycles. The largest absolute Gasteiger partial charge is 0.392 e. The molecule has 1 aromatic rings. The zero-order valence-electron chi connectivity index (χ0n) is 11.5. The van der Waals surface area contributed by atoms with Crippen LogP contribution in [0.4, 0.5) is 0 Å². The Morgan fingerprint density at radius 1 is 1.17 bits per heavy atom. The molecule has 2 N–H and O–H groups in total. The van der Waals surface area contributed by atoms with Crippen LogP contribution in [-0.2, 0) is 6.42 Å². The van der Waals surface area contributed by atoms with E-state index in [0.717, 1.165) is 17.9 Å². The van der Waals surface area contributed by atoms with Crippen molar-refractivity contribution in [3.8, 4) is 0 Å². The zero-order chi connectivity index (χ0) is 13.5. The number of halogens is 1. The van der Waals surface area contributed by atoms with Gasteiger partial charge in [-0.15, -0.1) is 0 Å². The summed E-state index contributed by atoms with van der Waals surface area (Å²) in [5.74, 6) is 0.536. The summed E-state index contributed by atoms with van der Waals surface area (Å²) in [7, 11) is 0. The number of aliphatic hydroxyl groups excluding tert-OH is 1. The van der Waals surface area contributed by atoms with Gasteiger partial charge in [0.05, 0.1) is 6.10 Å². The van der Waals surface area contributed by atoms with Gasteiger partial charge in [0, 0.05) is 17.6 Å². The zero-order valence-corrected chi connectivity index (χ0v) is 12.2. The maximum atomic E-state index is 9.79. The quantitative estimate of drug-likeness (QED) is 0.796. The monoisotopic (exact) mass is 269 g/mol. The van der Waals surface area contributed by atoms with E-state index in [1.54, 1.807) is 0 Å². The highest BCUT2D eigenvalue weighted by Crippen LogP contribution is 2.11. The van der Waals surface area contributed by atoms with Gasteiger partial charge in [-0.05, 0) is 43.4 Å². The summed E-state index contributed by atoms with van der Waals surface area (Å²) in [6.45, 7) is 7.05. The van der Waals surface area contributed by atoms with E-state index in [4.69, 9.17) is 11.6 Å². The molecule has 0 aromatic heterocycles. The molecule has 18 heavy (non-hydrogen) atoms. The maximum absolute atomic E-state index is 9.79. The van der Waals surface area contributed by atoms with Gasteiger partial charge < -0.3 is 10.4 Å². The summed E-state index contributed by atoms with van der Waals surface area (Å²) in [6, 6.07) is 8.28. The van der Waals surface area contributed by atoms with Gasteiger partial charge in [0.25, 0.3) is 0 Å². The number of nitrogens with one attached hydrogen (secondary N) is 1. The summed E-state index contributed by atoms with van der Waals surface area (Å²) in [5.41, 5.74) is 1.26. The molecule has 0 saturated carbocycles. The second-order valence-electron chi connectivity index (χ2n) is 5.42. The van der Waals surface area contributed by atoms with E-state index >= 15 is 0 Å². The van der Waals surface area contributed by atoms with Crippen LogP contribution in [0.25, 0.3) is 0 Å². The molecule has 1 aromatic carbocycles. The molecule has 3 heteroatoms. The van der Waals surface area contributed by atoms with Crippen molar-refractivity contribution in [2.45, 2.75) is 45.8 Å². The van der Waals surface area contributed by atoms with Crippen LogP contribution in [-0.4, -0.2) is 23.8 Å². The van der Waals surface area contributed by atoms with Crippen molar-refractivity contribution in [3.63, 3.8) is 0 Å². The molecule has 0 fully saturated rings. The Morgan fingerprint density at radius 2 is 1.78 bits per heavy atom. The highest BCUT2D eigenvalue weighted by atomic mass is 35.5. The summed E-state index contributed by atoms with van der Waals surface area (Å²) >= 11 is 5.85. The molecule has 0 heterocycles. The molecular weight excluding hydrogens is 246 g/mol. The molecular formula is C15H24ClNO. The first-order chi connectivity index (χ1) is 8.47. The van der Waals surface area contributed by atoms with Crippen molar-refractivity contribution in [2.75, 3.05) is 6.54 Å². The van der Waals surface area contributed by atoms with Crippen LogP contribution < -0.4 is 5.32 Å². The lowest BCUT2D eigenvalue weighted by molar-refractivity contribution is 0.143. The number of hydrogen-bond acceptors (Lipinski definition) is 2. The van der Waals surface area contributed by atoms with Gasteiger partial charge in [-0.3, -0.25) is 0 Å². The van der Waals surface area contributed by atoms with E-state index in [-0.39, 0.29) is 6.10 Å². The normalized spacial score (nSPS) is 14.8. The van der Waals surface area contributed by atoms with Crippen LogP contribution in [0, 0.1) is 5.92 Å². The van der Waals surface area contributed by atoms with E-state index in [0.29, 0.717) is 18.5 Å². The number of rotatable bonds is 7. The van der Waals surface area contributed by atoms with Gasteiger partial charge in [-0.25, -0.2) is 0 Å². The van der Waals surface area contributed by atoms with Gasteiger partial charge in [0.1, 0.15) is 0 Å². The third-order valence-electron chi connectivity index (χ3n) is 2.90. The van der Waals surface area contributed by atoms with Crippen LogP contribution in [0.15, 0.2) is 24.3 Å². The minimum absolute atomic E-state index is 0.252. The molecule has 0 bridgehead atoms. The van der Waals surface area contributed by atoms with Crippen LogP contribution >= 0.6 is 11.6 Å². The predicted molar refractivity (Wildman–Crippen MR) is 78.1 cm³/mol. The molecule has 102 valence electrons. The number of benzene rings is 1. The van der Waals surface area contributed by atoms with Crippen LogP contribution in [0.3, 0.4) is 0 Å². The third-order valence-corrected chi connectivity index (χ3v) is 3.15. The first-order valence-corrected chi connectivity index (χ1v) is 7.01. The molecule has 0 spiro atoms. The van der Waals surface area contributed by atoms with Crippen molar-refractivity contribution in [1.29, 1.82) is 0 Å². The van der Waals surface area contributed by atoms with Gasteiger partial charge in [-0.2, -0.15) is 0 Å². The minimum Gasteiger partial charge on any atom is -0.392 e. The van der Waals surface area contributed by atoms with E-state index in [1.807, 2.05) is 24.3 Å². The minimum atomic E-state index is -0.252. The van der Waals surface area contributed by atoms with Crippen molar-refractivity contribution in [2.24, 2.45) is 5.92 Å². The Labute approximate surface area is 115 Å². The summed E-state index contributed by atoms with van der Waals surface area (Å²) < 4.78 is 0. The van der Waals surface area contributed by atoms with Crippen LogP contribution in [0.2, 0.25) is 5.02 Å². The maximum Gasteiger partial charge on any atom is 0.0667 e. The smallest absolute Gasteiger partial charge is 0.0667 e. The second-order valence-corrected chi connectivity index (χ2v) is 5.86. The van der Waals surface area contributed by atoms with Crippen LogP contribution in [0.1, 0.15) is 32.8 Å². The van der Waals surface area contributed by atoms with Gasteiger partial charge in [-0.1, -0.05) is 37.6 Å². The lowest BCUT2D eigenvalue weighted by atomic mass is 10.0. The van der Waals surface area contributed by atoms with Gasteiger partial charge in [0.15, 0.2) is 0 Å². The molecule has 2 nitrogen and oxygen atoms in total. The molecule has 0 saturated heterocycles. The standard InChI is InChI=1S/C15H24ClNO/c1-11(2)8-15(18)10-17-12(3)9-13-4-6-14(16)7-5-13/h4-7,11-12,15,17-18H,8-10H2,1-3H3. The fourth-order valence-electron chi connectivity index (χ4n) is 2.01.